The van der Waals surface area contributed by atoms with E-state index in [1.807, 2.05) is 6.92 Å². The van der Waals surface area contributed by atoms with Crippen molar-refractivity contribution < 1.29 is 21.7 Å². The third-order valence-corrected chi connectivity index (χ3v) is 3.77. The van der Waals surface area contributed by atoms with Gasteiger partial charge in [0.1, 0.15) is 12.4 Å². The van der Waals surface area contributed by atoms with Crippen LogP contribution in [0.25, 0.3) is 0 Å². The van der Waals surface area contributed by atoms with E-state index in [9.17, 15) is 13.0 Å². The molecule has 0 fully saturated rings. The summed E-state index contributed by atoms with van der Waals surface area (Å²) in [4.78, 5) is 0. The molecule has 0 N–H and O–H groups in total. The topological polar surface area (TPSA) is 75.2 Å². The van der Waals surface area contributed by atoms with Gasteiger partial charge in [0.15, 0.2) is 0 Å². The van der Waals surface area contributed by atoms with E-state index in [1.165, 1.54) is 32.2 Å². The Bertz CT molecular complexity index is 486. The molecule has 0 aliphatic carbocycles. The van der Waals surface area contributed by atoms with Crippen LogP contribution in [0.3, 0.4) is 0 Å². The number of nitrogens with zero attached hydrogens (tertiary/aromatic N) is 2. The van der Waals surface area contributed by atoms with Crippen LogP contribution in [-0.2, 0) is 28.2 Å². The molecule has 7 heteroatoms. The van der Waals surface area contributed by atoms with Crippen LogP contribution in [0.5, 0.6) is 0 Å². The second kappa shape index (κ2) is 13.5. The molecule has 0 amide bonds. The summed E-state index contributed by atoms with van der Waals surface area (Å²) >= 11 is 0. The van der Waals surface area contributed by atoms with Gasteiger partial charge in [0.2, 0.25) is 16.7 Å². The molecular formula is C16H32N2O4S. The van der Waals surface area contributed by atoms with Gasteiger partial charge < -0.3 is 4.55 Å². The van der Waals surface area contributed by atoms with Gasteiger partial charge in [-0.15, -0.1) is 0 Å². The summed E-state index contributed by atoms with van der Waals surface area (Å²) < 4.78 is 38.0. The van der Waals surface area contributed by atoms with Gasteiger partial charge in [0, 0.05) is 0 Å². The highest BCUT2D eigenvalue weighted by Crippen LogP contribution is 2.01. The van der Waals surface area contributed by atoms with Crippen LogP contribution < -0.4 is 4.57 Å². The fourth-order valence-electron chi connectivity index (χ4n) is 2.04. The maximum atomic E-state index is 9.89. The first-order valence-electron chi connectivity index (χ1n) is 8.50. The number of hydrogen-bond donors (Lipinski definition) is 0. The lowest BCUT2D eigenvalue weighted by atomic mass is 10.2. The van der Waals surface area contributed by atoms with Gasteiger partial charge in [-0.1, -0.05) is 46.0 Å². The van der Waals surface area contributed by atoms with Gasteiger partial charge in [-0.3, -0.25) is 4.18 Å². The first-order valence-corrected chi connectivity index (χ1v) is 9.83. The zero-order chi connectivity index (χ0) is 17.6. The van der Waals surface area contributed by atoms with Crippen LogP contribution in [-0.4, -0.2) is 24.1 Å². The van der Waals surface area contributed by atoms with E-state index in [-0.39, 0.29) is 6.61 Å². The Hall–Kier alpha value is -0.920. The Morgan fingerprint density at radius 3 is 2.13 bits per heavy atom. The maximum Gasteiger partial charge on any atom is 0.243 e. The molecule has 0 aliphatic rings. The molecule has 1 heterocycles. The Kier molecular flexibility index (Phi) is 13.0. The summed E-state index contributed by atoms with van der Waals surface area (Å²) in [5.74, 6) is 0. The smallest absolute Gasteiger partial charge is 0.243 e. The lowest BCUT2D eigenvalue weighted by molar-refractivity contribution is -0.671. The SMILES string of the molecule is CCCCCCOS(=O)(=O)[O-].CCCCCCn1cc[n+](C)c1. The molecule has 0 atom stereocenters. The van der Waals surface area contributed by atoms with Crippen molar-refractivity contribution in [3.63, 3.8) is 0 Å². The van der Waals surface area contributed by atoms with Crippen LogP contribution in [0.1, 0.15) is 65.2 Å². The fraction of sp³-hybridized carbons (Fsp3) is 0.812. The number of aryl methyl sites for hydroxylation is 2. The Balaban J connectivity index is 0.000000423. The molecule has 0 saturated heterocycles. The highest BCUT2D eigenvalue weighted by molar-refractivity contribution is 7.80. The van der Waals surface area contributed by atoms with E-state index in [1.54, 1.807) is 0 Å². The molecule has 1 aromatic rings. The molecule has 1 rings (SSSR count). The van der Waals surface area contributed by atoms with E-state index < -0.39 is 10.4 Å². The molecule has 6 nitrogen and oxygen atoms in total. The zero-order valence-electron chi connectivity index (χ0n) is 14.7. The summed E-state index contributed by atoms with van der Waals surface area (Å²) in [6, 6.07) is 0. The Morgan fingerprint density at radius 2 is 1.65 bits per heavy atom. The van der Waals surface area contributed by atoms with Crippen LogP contribution in [0.2, 0.25) is 0 Å². The van der Waals surface area contributed by atoms with Crippen molar-refractivity contribution in [2.45, 2.75) is 71.8 Å². The number of aromatic nitrogens is 2. The molecule has 0 spiro atoms. The summed E-state index contributed by atoms with van der Waals surface area (Å²) in [7, 11) is -2.40. The number of hydrogen-bond acceptors (Lipinski definition) is 4. The predicted molar refractivity (Wildman–Crippen MR) is 89.5 cm³/mol. The largest absolute Gasteiger partial charge is 0.726 e. The van der Waals surface area contributed by atoms with E-state index in [2.05, 4.69) is 46.0 Å². The number of imidazole rings is 1. The number of unbranched alkanes of at least 4 members (excludes halogenated alkanes) is 6. The number of rotatable bonds is 11. The molecule has 0 aliphatic heterocycles. The molecule has 23 heavy (non-hydrogen) atoms. The minimum absolute atomic E-state index is 0.0197. The van der Waals surface area contributed by atoms with Crippen LogP contribution in [0, 0.1) is 0 Å². The van der Waals surface area contributed by atoms with Crippen molar-refractivity contribution in [2.24, 2.45) is 7.05 Å². The summed E-state index contributed by atoms with van der Waals surface area (Å²) in [5, 5.41) is 0. The summed E-state index contributed by atoms with van der Waals surface area (Å²) in [6.07, 6.45) is 15.4. The Morgan fingerprint density at radius 1 is 1.04 bits per heavy atom. The van der Waals surface area contributed by atoms with Crippen molar-refractivity contribution >= 4 is 10.4 Å². The van der Waals surface area contributed by atoms with E-state index in [4.69, 9.17) is 0 Å². The molecule has 0 radical (unpaired) electrons. The third kappa shape index (κ3) is 15.7. The maximum absolute atomic E-state index is 9.89. The van der Waals surface area contributed by atoms with Gasteiger partial charge in [0.25, 0.3) is 0 Å². The van der Waals surface area contributed by atoms with E-state index in [0.717, 1.165) is 19.3 Å². The zero-order valence-corrected chi connectivity index (χ0v) is 15.6. The highest BCUT2D eigenvalue weighted by Gasteiger charge is 1.98. The lowest BCUT2D eigenvalue weighted by Crippen LogP contribution is -2.23. The second-order valence-corrected chi connectivity index (χ2v) is 6.72. The van der Waals surface area contributed by atoms with Crippen LogP contribution in [0.4, 0.5) is 0 Å². The monoisotopic (exact) mass is 348 g/mol. The van der Waals surface area contributed by atoms with E-state index in [0.29, 0.717) is 6.42 Å². The van der Waals surface area contributed by atoms with Gasteiger partial charge in [-0.25, -0.2) is 17.6 Å². The minimum atomic E-state index is -4.46. The van der Waals surface area contributed by atoms with Gasteiger partial charge in [-0.05, 0) is 19.3 Å². The quantitative estimate of drug-likeness (QED) is 0.267. The summed E-state index contributed by atoms with van der Waals surface area (Å²) in [6.45, 7) is 5.48. The minimum Gasteiger partial charge on any atom is -0.726 e. The Labute approximate surface area is 141 Å². The third-order valence-electron chi connectivity index (χ3n) is 3.32. The molecule has 0 bridgehead atoms. The summed E-state index contributed by atoms with van der Waals surface area (Å²) in [5.41, 5.74) is 0. The molecule has 0 aromatic carbocycles. The van der Waals surface area contributed by atoms with Crippen molar-refractivity contribution in [1.29, 1.82) is 0 Å². The van der Waals surface area contributed by atoms with Crippen LogP contribution >= 0.6 is 0 Å². The average Bonchev–Trinajstić information content (AvgIpc) is 2.89. The molecule has 1 aromatic heterocycles. The lowest BCUT2D eigenvalue weighted by Gasteiger charge is -2.06. The first kappa shape index (κ1) is 22.1. The van der Waals surface area contributed by atoms with Crippen molar-refractivity contribution in [2.75, 3.05) is 6.61 Å². The first-order chi connectivity index (χ1) is 10.9. The van der Waals surface area contributed by atoms with Gasteiger partial charge in [-0.2, -0.15) is 0 Å². The van der Waals surface area contributed by atoms with Crippen LogP contribution in [0.15, 0.2) is 18.7 Å². The van der Waals surface area contributed by atoms with Gasteiger partial charge >= 0.3 is 0 Å². The predicted octanol–water partition coefficient (Wildman–Crippen LogP) is 2.94. The van der Waals surface area contributed by atoms with Crippen molar-refractivity contribution in [1.82, 2.24) is 4.57 Å². The molecule has 0 unspecified atom stereocenters. The molecular weight excluding hydrogens is 316 g/mol. The fourth-order valence-corrected chi connectivity index (χ4v) is 2.37. The highest BCUT2D eigenvalue weighted by atomic mass is 32.3. The normalized spacial score (nSPS) is 11.1. The molecule has 0 saturated carbocycles. The average molecular weight is 349 g/mol. The van der Waals surface area contributed by atoms with Crippen molar-refractivity contribution in [3.05, 3.63) is 18.7 Å². The van der Waals surface area contributed by atoms with E-state index >= 15 is 0 Å². The van der Waals surface area contributed by atoms with Gasteiger partial charge in [0.05, 0.1) is 20.2 Å². The molecule has 136 valence electrons. The van der Waals surface area contributed by atoms with Crippen molar-refractivity contribution in [3.8, 4) is 0 Å². The standard InChI is InChI=1S/C10H19N2.C6H14O4S/c1-3-4-5-6-7-12-9-8-11(2)10-12;1-2-3-4-5-6-10-11(7,8)9/h8-10H,3-7H2,1-2H3;2-6H2,1H3,(H,7,8,9)/q+1;/p-1. The second-order valence-electron chi connectivity index (χ2n) is 5.67.